The number of pyridine rings is 1. The molecule has 2 N–H and O–H groups in total. The fourth-order valence-corrected chi connectivity index (χ4v) is 1.76. The average Bonchev–Trinajstić information content (AvgIpc) is 2.32. The summed E-state index contributed by atoms with van der Waals surface area (Å²) in [6.45, 7) is 6.27. The summed E-state index contributed by atoms with van der Waals surface area (Å²) in [4.78, 5) is 26.6. The molecule has 0 spiro atoms. The lowest BCUT2D eigenvalue weighted by molar-refractivity contribution is -0.137. The van der Waals surface area contributed by atoms with Crippen molar-refractivity contribution in [1.82, 2.24) is 10.3 Å². The van der Waals surface area contributed by atoms with Gasteiger partial charge in [-0.1, -0.05) is 32.4 Å². The molecule has 6 heteroatoms. The van der Waals surface area contributed by atoms with Gasteiger partial charge in [-0.3, -0.25) is 9.59 Å². The van der Waals surface area contributed by atoms with E-state index in [0.29, 0.717) is 18.5 Å². The normalized spacial score (nSPS) is 11.2. The molecule has 1 amide bonds. The highest BCUT2D eigenvalue weighted by Gasteiger charge is 2.18. The Morgan fingerprint density at radius 2 is 2.00 bits per heavy atom. The summed E-state index contributed by atoms with van der Waals surface area (Å²) in [5.74, 6) is -1.15. The van der Waals surface area contributed by atoms with Crippen LogP contribution in [0.2, 0.25) is 5.15 Å². The van der Waals surface area contributed by atoms with E-state index >= 15 is 0 Å². The molecule has 0 aliphatic heterocycles. The van der Waals surface area contributed by atoms with Crippen LogP contribution in [0.3, 0.4) is 0 Å². The first kappa shape index (κ1) is 16.4. The first-order chi connectivity index (χ1) is 9.20. The van der Waals surface area contributed by atoms with Gasteiger partial charge in [0.15, 0.2) is 0 Å². The van der Waals surface area contributed by atoms with Crippen molar-refractivity contribution >= 4 is 23.5 Å². The Morgan fingerprint density at radius 1 is 1.35 bits per heavy atom. The van der Waals surface area contributed by atoms with E-state index < -0.39 is 5.97 Å². The summed E-state index contributed by atoms with van der Waals surface area (Å²) in [5, 5.41) is 11.5. The Labute approximate surface area is 123 Å². The van der Waals surface area contributed by atoms with E-state index in [1.165, 1.54) is 6.07 Å². The van der Waals surface area contributed by atoms with Crippen LogP contribution in [0.5, 0.6) is 0 Å². The third-order valence-corrected chi connectivity index (χ3v) is 2.87. The van der Waals surface area contributed by atoms with Crippen molar-refractivity contribution in [2.45, 2.75) is 39.0 Å². The van der Waals surface area contributed by atoms with Crippen molar-refractivity contribution in [3.8, 4) is 0 Å². The molecule has 0 unspecified atom stereocenters. The number of carboxylic acid groups (broad SMARTS) is 1. The van der Waals surface area contributed by atoms with Crippen molar-refractivity contribution in [1.29, 1.82) is 0 Å². The first-order valence-electron chi connectivity index (χ1n) is 6.38. The van der Waals surface area contributed by atoms with E-state index in [4.69, 9.17) is 16.7 Å². The molecule has 0 aromatic carbocycles. The van der Waals surface area contributed by atoms with Crippen LogP contribution in [0.1, 0.15) is 49.7 Å². The molecule has 1 aromatic heterocycles. The van der Waals surface area contributed by atoms with E-state index in [-0.39, 0.29) is 22.9 Å². The molecule has 0 fully saturated rings. The fraction of sp³-hybridized carbons (Fsp3) is 0.500. The van der Waals surface area contributed by atoms with Gasteiger partial charge in [-0.2, -0.15) is 0 Å². The number of aromatic nitrogens is 1. The molecule has 0 saturated carbocycles. The smallest absolute Gasteiger partial charge is 0.303 e. The number of carbonyl (C=O) groups excluding carboxylic acids is 1. The second-order valence-corrected chi connectivity index (χ2v) is 5.95. The van der Waals surface area contributed by atoms with Gasteiger partial charge >= 0.3 is 5.97 Å². The molecule has 0 bridgehead atoms. The molecule has 0 aliphatic carbocycles. The van der Waals surface area contributed by atoms with Crippen LogP contribution in [-0.2, 0) is 10.2 Å². The zero-order chi connectivity index (χ0) is 15.3. The minimum absolute atomic E-state index is 0.0324. The van der Waals surface area contributed by atoms with Gasteiger partial charge in [0, 0.05) is 29.6 Å². The zero-order valence-corrected chi connectivity index (χ0v) is 12.6. The summed E-state index contributed by atoms with van der Waals surface area (Å²) in [5.41, 5.74) is 0.967. The van der Waals surface area contributed by atoms with Crippen LogP contribution in [-0.4, -0.2) is 28.5 Å². The molecule has 5 nitrogen and oxygen atoms in total. The predicted molar refractivity (Wildman–Crippen MR) is 77.2 cm³/mol. The highest BCUT2D eigenvalue weighted by Crippen LogP contribution is 2.23. The third kappa shape index (κ3) is 5.17. The van der Waals surface area contributed by atoms with Crippen LogP contribution in [0.25, 0.3) is 0 Å². The molecule has 1 heterocycles. The number of rotatable bonds is 5. The number of carbonyl (C=O) groups is 2. The van der Waals surface area contributed by atoms with Gasteiger partial charge in [-0.05, 0) is 18.6 Å². The minimum atomic E-state index is -0.874. The molecule has 1 rings (SSSR count). The molecule has 1 aromatic rings. The number of nitrogens with zero attached hydrogens (tertiary/aromatic N) is 1. The van der Waals surface area contributed by atoms with Crippen molar-refractivity contribution in [3.05, 3.63) is 28.5 Å². The first-order valence-corrected chi connectivity index (χ1v) is 6.76. The standard InChI is InChI=1S/C14H19ClN2O3/c1-14(2,3)10-7-9(8-11(15)17-10)13(20)16-6-4-5-12(18)19/h7-8H,4-6H2,1-3H3,(H,16,20)(H,18,19). The van der Waals surface area contributed by atoms with Gasteiger partial charge in [0.2, 0.25) is 0 Å². The second-order valence-electron chi connectivity index (χ2n) is 5.57. The maximum absolute atomic E-state index is 12.0. The number of hydrogen-bond acceptors (Lipinski definition) is 3. The summed E-state index contributed by atoms with van der Waals surface area (Å²) in [6, 6.07) is 3.21. The molecule has 20 heavy (non-hydrogen) atoms. The molecular formula is C14H19ClN2O3. The number of amides is 1. The van der Waals surface area contributed by atoms with Gasteiger partial charge in [0.05, 0.1) is 0 Å². The third-order valence-electron chi connectivity index (χ3n) is 2.68. The molecule has 0 atom stereocenters. The van der Waals surface area contributed by atoms with Crippen LogP contribution < -0.4 is 5.32 Å². The Balaban J connectivity index is 2.73. The van der Waals surface area contributed by atoms with Crippen molar-refractivity contribution in [2.75, 3.05) is 6.54 Å². The van der Waals surface area contributed by atoms with Crippen molar-refractivity contribution < 1.29 is 14.7 Å². The lowest BCUT2D eigenvalue weighted by Gasteiger charge is -2.18. The summed E-state index contributed by atoms with van der Waals surface area (Å²) in [7, 11) is 0. The van der Waals surface area contributed by atoms with E-state index in [1.54, 1.807) is 6.07 Å². The minimum Gasteiger partial charge on any atom is -0.481 e. The van der Waals surface area contributed by atoms with Crippen LogP contribution in [0.4, 0.5) is 0 Å². The predicted octanol–water partition coefficient (Wildman–Crippen LogP) is 2.63. The van der Waals surface area contributed by atoms with E-state index in [1.807, 2.05) is 20.8 Å². The molecule has 0 aliphatic rings. The molecule has 110 valence electrons. The second kappa shape index (κ2) is 6.70. The fourth-order valence-electron chi connectivity index (χ4n) is 1.56. The largest absolute Gasteiger partial charge is 0.481 e. The van der Waals surface area contributed by atoms with Crippen molar-refractivity contribution in [2.24, 2.45) is 0 Å². The van der Waals surface area contributed by atoms with Gasteiger partial charge in [-0.15, -0.1) is 0 Å². The Hall–Kier alpha value is -1.62. The summed E-state index contributed by atoms with van der Waals surface area (Å²) < 4.78 is 0. The maximum Gasteiger partial charge on any atom is 0.303 e. The van der Waals surface area contributed by atoms with Crippen LogP contribution in [0, 0.1) is 0 Å². The van der Waals surface area contributed by atoms with Crippen LogP contribution >= 0.6 is 11.6 Å². The maximum atomic E-state index is 12.0. The SMILES string of the molecule is CC(C)(C)c1cc(C(=O)NCCCC(=O)O)cc(Cl)n1. The highest BCUT2D eigenvalue weighted by molar-refractivity contribution is 6.29. The molecule has 0 radical (unpaired) electrons. The number of nitrogens with one attached hydrogen (secondary N) is 1. The topological polar surface area (TPSA) is 79.3 Å². The van der Waals surface area contributed by atoms with Gasteiger partial charge < -0.3 is 10.4 Å². The Bertz CT molecular complexity index is 510. The van der Waals surface area contributed by atoms with Gasteiger partial charge in [-0.25, -0.2) is 4.98 Å². The van der Waals surface area contributed by atoms with Crippen molar-refractivity contribution in [3.63, 3.8) is 0 Å². The highest BCUT2D eigenvalue weighted by atomic mass is 35.5. The lowest BCUT2D eigenvalue weighted by Crippen LogP contribution is -2.26. The van der Waals surface area contributed by atoms with E-state index in [2.05, 4.69) is 10.3 Å². The number of aliphatic carboxylic acids is 1. The van der Waals surface area contributed by atoms with E-state index in [0.717, 1.165) is 5.69 Å². The summed E-state index contributed by atoms with van der Waals surface area (Å²) in [6.07, 6.45) is 0.427. The zero-order valence-electron chi connectivity index (χ0n) is 11.9. The Morgan fingerprint density at radius 3 is 2.55 bits per heavy atom. The van der Waals surface area contributed by atoms with E-state index in [9.17, 15) is 9.59 Å². The summed E-state index contributed by atoms with van der Waals surface area (Å²) >= 11 is 5.93. The quantitative estimate of drug-likeness (QED) is 0.647. The monoisotopic (exact) mass is 298 g/mol. The average molecular weight is 299 g/mol. The molecule has 0 saturated heterocycles. The molecular weight excluding hydrogens is 280 g/mol. The number of carboxylic acids is 1. The Kier molecular flexibility index (Phi) is 5.51. The van der Waals surface area contributed by atoms with Gasteiger partial charge in [0.1, 0.15) is 5.15 Å². The number of halogens is 1. The lowest BCUT2D eigenvalue weighted by atomic mass is 9.91. The van der Waals surface area contributed by atoms with Gasteiger partial charge in [0.25, 0.3) is 5.91 Å². The van der Waals surface area contributed by atoms with Crippen LogP contribution in [0.15, 0.2) is 12.1 Å². The number of hydrogen-bond donors (Lipinski definition) is 2.